The largest absolute Gasteiger partial charge is 0.325 e. The zero-order chi connectivity index (χ0) is 19.2. The summed E-state index contributed by atoms with van der Waals surface area (Å²) in [5.41, 5.74) is 1.78. The number of hydrogen-bond acceptors (Lipinski definition) is 4. The predicted octanol–water partition coefficient (Wildman–Crippen LogP) is 3.49. The molecule has 0 spiro atoms. The van der Waals surface area contributed by atoms with Crippen molar-refractivity contribution in [3.63, 3.8) is 0 Å². The molecule has 0 bridgehead atoms. The lowest BCUT2D eigenvalue weighted by atomic mass is 10.1. The van der Waals surface area contributed by atoms with Crippen molar-refractivity contribution in [3.8, 4) is 0 Å². The van der Waals surface area contributed by atoms with E-state index in [-0.39, 0.29) is 29.9 Å². The van der Waals surface area contributed by atoms with E-state index < -0.39 is 5.25 Å². The molecule has 1 aliphatic rings. The molecule has 0 unspecified atom stereocenters. The van der Waals surface area contributed by atoms with Crippen LogP contribution in [0.3, 0.4) is 0 Å². The summed E-state index contributed by atoms with van der Waals surface area (Å²) in [7, 11) is 0. The summed E-state index contributed by atoms with van der Waals surface area (Å²) >= 11 is 4.56. The Balaban J connectivity index is 1.48. The van der Waals surface area contributed by atoms with E-state index in [0.29, 0.717) is 18.7 Å². The molecule has 3 amide bonds. The van der Waals surface area contributed by atoms with Crippen LogP contribution in [0.25, 0.3) is 0 Å². The average Bonchev–Trinajstić information content (AvgIpc) is 2.94. The van der Waals surface area contributed by atoms with Crippen molar-refractivity contribution in [2.45, 2.75) is 18.1 Å². The molecule has 3 rings (SSSR count). The van der Waals surface area contributed by atoms with Crippen LogP contribution in [0.2, 0.25) is 0 Å². The number of carbonyl (C=O) groups is 3. The van der Waals surface area contributed by atoms with Crippen LogP contribution < -0.4 is 5.32 Å². The summed E-state index contributed by atoms with van der Waals surface area (Å²) in [5.74, 6) is -0.420. The average molecular weight is 447 g/mol. The minimum Gasteiger partial charge on any atom is -0.325 e. The Morgan fingerprint density at radius 3 is 2.52 bits per heavy atom. The van der Waals surface area contributed by atoms with Crippen molar-refractivity contribution in [1.29, 1.82) is 0 Å². The van der Waals surface area contributed by atoms with Crippen molar-refractivity contribution in [2.24, 2.45) is 0 Å². The number of halogens is 1. The van der Waals surface area contributed by atoms with Crippen LogP contribution in [-0.2, 0) is 20.8 Å². The molecule has 0 aliphatic carbocycles. The van der Waals surface area contributed by atoms with Crippen molar-refractivity contribution in [2.75, 3.05) is 17.6 Å². The van der Waals surface area contributed by atoms with Crippen molar-refractivity contribution >= 4 is 51.1 Å². The Hall–Kier alpha value is -2.12. The third-order valence-electron chi connectivity index (χ3n) is 4.21. The van der Waals surface area contributed by atoms with Gasteiger partial charge < -0.3 is 5.32 Å². The van der Waals surface area contributed by atoms with Crippen LogP contribution in [0.5, 0.6) is 0 Å². The lowest BCUT2D eigenvalue weighted by molar-refractivity contribution is -0.138. The van der Waals surface area contributed by atoms with Crippen molar-refractivity contribution in [1.82, 2.24) is 4.90 Å². The highest BCUT2D eigenvalue weighted by molar-refractivity contribution is 9.10. The zero-order valence-corrected chi connectivity index (χ0v) is 17.0. The van der Waals surface area contributed by atoms with Gasteiger partial charge in [0, 0.05) is 23.1 Å². The van der Waals surface area contributed by atoms with Gasteiger partial charge in [0.25, 0.3) is 0 Å². The number of nitrogens with one attached hydrogen (secondary N) is 1. The molecule has 1 fully saturated rings. The maximum absolute atomic E-state index is 12.5. The van der Waals surface area contributed by atoms with Gasteiger partial charge in [-0.1, -0.05) is 46.3 Å². The summed E-state index contributed by atoms with van der Waals surface area (Å²) in [6.45, 7) is 0.379. The molecule has 1 N–H and O–H groups in total. The maximum Gasteiger partial charge on any atom is 0.242 e. The van der Waals surface area contributed by atoms with Crippen LogP contribution in [0, 0.1) is 0 Å². The number of amides is 3. The summed E-state index contributed by atoms with van der Waals surface area (Å²) in [6.07, 6.45) is 0.795. The lowest BCUT2D eigenvalue weighted by Gasteiger charge is -2.14. The number of likely N-dealkylation sites (tertiary alicyclic amines) is 1. The van der Waals surface area contributed by atoms with E-state index in [9.17, 15) is 14.4 Å². The van der Waals surface area contributed by atoms with Gasteiger partial charge >= 0.3 is 0 Å². The van der Waals surface area contributed by atoms with Gasteiger partial charge in [0.1, 0.15) is 0 Å². The van der Waals surface area contributed by atoms with E-state index >= 15 is 0 Å². The van der Waals surface area contributed by atoms with Gasteiger partial charge in [0.05, 0.1) is 11.0 Å². The highest BCUT2D eigenvalue weighted by Gasteiger charge is 2.38. The minimum absolute atomic E-state index is 0.131. The van der Waals surface area contributed by atoms with E-state index in [2.05, 4.69) is 21.2 Å². The molecule has 0 aromatic heterocycles. The Labute approximate surface area is 170 Å². The topological polar surface area (TPSA) is 66.5 Å². The van der Waals surface area contributed by atoms with E-state index in [1.807, 2.05) is 42.5 Å². The number of benzene rings is 2. The third kappa shape index (κ3) is 5.43. The highest BCUT2D eigenvalue weighted by Crippen LogP contribution is 2.25. The minimum atomic E-state index is -0.482. The molecule has 5 nitrogen and oxygen atoms in total. The summed E-state index contributed by atoms with van der Waals surface area (Å²) < 4.78 is 0.931. The van der Waals surface area contributed by atoms with Crippen molar-refractivity contribution < 1.29 is 14.4 Å². The van der Waals surface area contributed by atoms with Crippen LogP contribution in [0.4, 0.5) is 5.69 Å². The van der Waals surface area contributed by atoms with Gasteiger partial charge in [-0.25, -0.2) is 0 Å². The lowest BCUT2D eigenvalue weighted by Crippen LogP contribution is -2.33. The maximum atomic E-state index is 12.5. The Kier molecular flexibility index (Phi) is 6.68. The van der Waals surface area contributed by atoms with Crippen LogP contribution >= 0.6 is 27.7 Å². The molecule has 0 saturated carbocycles. The Bertz CT molecular complexity index is 827. The molecular formula is C20H19BrN2O3S. The Morgan fingerprint density at radius 1 is 1.11 bits per heavy atom. The van der Waals surface area contributed by atoms with Gasteiger partial charge in [0.2, 0.25) is 17.7 Å². The van der Waals surface area contributed by atoms with E-state index in [0.717, 1.165) is 10.0 Å². The number of nitrogens with zero attached hydrogens (tertiary/aromatic N) is 1. The number of hydrogen-bond donors (Lipinski definition) is 1. The van der Waals surface area contributed by atoms with Crippen LogP contribution in [-0.4, -0.2) is 40.2 Å². The summed E-state index contributed by atoms with van der Waals surface area (Å²) in [6, 6.07) is 17.0. The van der Waals surface area contributed by atoms with Gasteiger partial charge in [0.15, 0.2) is 0 Å². The SMILES string of the molecule is O=C(CS[C@@H]1CC(=O)N(CCc2ccccc2)C1=O)Nc1ccc(Br)cc1. The van der Waals surface area contributed by atoms with E-state index in [1.54, 1.807) is 12.1 Å². The number of imide groups is 1. The van der Waals surface area contributed by atoms with Gasteiger partial charge in [-0.3, -0.25) is 19.3 Å². The predicted molar refractivity (Wildman–Crippen MR) is 111 cm³/mol. The van der Waals surface area contributed by atoms with Crippen molar-refractivity contribution in [3.05, 3.63) is 64.6 Å². The second-order valence-corrected chi connectivity index (χ2v) is 8.28. The van der Waals surface area contributed by atoms with Gasteiger partial charge in [-0.15, -0.1) is 11.8 Å². The quantitative estimate of drug-likeness (QED) is 0.660. The zero-order valence-electron chi connectivity index (χ0n) is 14.6. The molecule has 1 heterocycles. The smallest absolute Gasteiger partial charge is 0.242 e. The highest BCUT2D eigenvalue weighted by atomic mass is 79.9. The fraction of sp³-hybridized carbons (Fsp3) is 0.250. The monoisotopic (exact) mass is 446 g/mol. The molecular weight excluding hydrogens is 428 g/mol. The summed E-state index contributed by atoms with van der Waals surface area (Å²) in [5, 5.41) is 2.30. The normalized spacial score (nSPS) is 16.6. The first kappa shape index (κ1) is 19.6. The second-order valence-electron chi connectivity index (χ2n) is 6.18. The number of thioether (sulfide) groups is 1. The molecule has 0 radical (unpaired) electrons. The molecule has 1 atom stereocenters. The standard InChI is InChI=1S/C20H19BrN2O3S/c21-15-6-8-16(9-7-15)22-18(24)13-27-17-12-19(25)23(20(17)26)11-10-14-4-2-1-3-5-14/h1-9,17H,10-13H2,(H,22,24)/t17-/m1/s1. The molecule has 1 aliphatic heterocycles. The third-order valence-corrected chi connectivity index (χ3v) is 5.94. The first-order valence-corrected chi connectivity index (χ1v) is 10.4. The molecule has 1 saturated heterocycles. The molecule has 7 heteroatoms. The Morgan fingerprint density at radius 2 is 1.81 bits per heavy atom. The number of carbonyl (C=O) groups excluding carboxylic acids is 3. The van der Waals surface area contributed by atoms with E-state index in [4.69, 9.17) is 0 Å². The molecule has 2 aromatic carbocycles. The first-order chi connectivity index (χ1) is 13.0. The number of rotatable bonds is 7. The molecule has 2 aromatic rings. The van der Waals surface area contributed by atoms with Crippen LogP contribution in [0.1, 0.15) is 12.0 Å². The van der Waals surface area contributed by atoms with Crippen LogP contribution in [0.15, 0.2) is 59.1 Å². The van der Waals surface area contributed by atoms with Gasteiger partial charge in [-0.2, -0.15) is 0 Å². The molecule has 140 valence electrons. The number of anilines is 1. The fourth-order valence-corrected chi connectivity index (χ4v) is 4.03. The summed E-state index contributed by atoms with van der Waals surface area (Å²) in [4.78, 5) is 38.1. The second kappa shape index (κ2) is 9.19. The molecule has 27 heavy (non-hydrogen) atoms. The first-order valence-electron chi connectivity index (χ1n) is 8.58. The van der Waals surface area contributed by atoms with Gasteiger partial charge in [-0.05, 0) is 36.2 Å². The fourth-order valence-electron chi connectivity index (χ4n) is 2.81. The van der Waals surface area contributed by atoms with E-state index in [1.165, 1.54) is 16.7 Å².